The third kappa shape index (κ3) is 4.19. The SMILES string of the molecule is N#Cc1cc(F)ccc1N/C=C\C(=O)C(Cl)(Cl)Cl. The van der Waals surface area contributed by atoms with Crippen molar-refractivity contribution >= 4 is 46.3 Å². The highest BCUT2D eigenvalue weighted by Crippen LogP contribution is 2.27. The van der Waals surface area contributed by atoms with Crippen LogP contribution in [0.3, 0.4) is 0 Å². The third-order valence-corrected chi connectivity index (χ3v) is 2.41. The van der Waals surface area contributed by atoms with Gasteiger partial charge in [0.1, 0.15) is 11.9 Å². The Morgan fingerprint density at radius 3 is 2.67 bits per heavy atom. The van der Waals surface area contributed by atoms with E-state index in [9.17, 15) is 9.18 Å². The van der Waals surface area contributed by atoms with Crippen molar-refractivity contribution in [2.45, 2.75) is 3.79 Å². The molecule has 1 aromatic carbocycles. The van der Waals surface area contributed by atoms with Crippen LogP contribution in [0.4, 0.5) is 10.1 Å². The number of anilines is 1. The molecule has 0 atom stereocenters. The van der Waals surface area contributed by atoms with E-state index in [2.05, 4.69) is 5.32 Å². The number of nitrogens with one attached hydrogen (secondary N) is 1. The van der Waals surface area contributed by atoms with Gasteiger partial charge in [0.2, 0.25) is 5.78 Å². The molecule has 0 spiro atoms. The first kappa shape index (κ1) is 14.8. The molecule has 94 valence electrons. The summed E-state index contributed by atoms with van der Waals surface area (Å²) in [6.07, 6.45) is 2.22. The van der Waals surface area contributed by atoms with Gasteiger partial charge in [-0.1, -0.05) is 34.8 Å². The molecule has 0 unspecified atom stereocenters. The molecule has 0 fully saturated rings. The second-order valence-corrected chi connectivity index (χ2v) is 5.42. The maximum absolute atomic E-state index is 12.8. The van der Waals surface area contributed by atoms with Gasteiger partial charge in [0.25, 0.3) is 3.79 Å². The van der Waals surface area contributed by atoms with Crippen LogP contribution < -0.4 is 5.32 Å². The Morgan fingerprint density at radius 2 is 2.11 bits per heavy atom. The number of allylic oxidation sites excluding steroid dienone is 1. The molecule has 1 rings (SSSR count). The number of halogens is 4. The molecule has 3 nitrogen and oxygen atoms in total. The van der Waals surface area contributed by atoms with Gasteiger partial charge in [-0.15, -0.1) is 0 Å². The molecule has 0 saturated heterocycles. The number of hydrogen-bond donors (Lipinski definition) is 1. The van der Waals surface area contributed by atoms with Crippen LogP contribution in [0.15, 0.2) is 30.5 Å². The van der Waals surface area contributed by atoms with Crippen molar-refractivity contribution in [3.63, 3.8) is 0 Å². The molecule has 1 aromatic rings. The number of hydrogen-bond acceptors (Lipinski definition) is 3. The summed E-state index contributed by atoms with van der Waals surface area (Å²) in [7, 11) is 0. The molecule has 0 aliphatic heterocycles. The number of carbonyl (C=O) groups excluding carboxylic acids is 1. The predicted octanol–water partition coefficient (Wildman–Crippen LogP) is 3.56. The van der Waals surface area contributed by atoms with E-state index in [1.165, 1.54) is 18.3 Å². The average molecular weight is 308 g/mol. The minimum Gasteiger partial charge on any atom is -0.360 e. The number of ketones is 1. The van der Waals surface area contributed by atoms with Crippen molar-refractivity contribution in [2.24, 2.45) is 0 Å². The van der Waals surface area contributed by atoms with Crippen LogP contribution in [0.25, 0.3) is 0 Å². The van der Waals surface area contributed by atoms with Gasteiger partial charge < -0.3 is 5.32 Å². The van der Waals surface area contributed by atoms with E-state index in [-0.39, 0.29) is 5.56 Å². The van der Waals surface area contributed by atoms with Crippen LogP contribution in [0.5, 0.6) is 0 Å². The van der Waals surface area contributed by atoms with Crippen LogP contribution in [-0.4, -0.2) is 9.58 Å². The van der Waals surface area contributed by atoms with Gasteiger partial charge in [0.15, 0.2) is 0 Å². The Balaban J connectivity index is 2.79. The zero-order valence-electron chi connectivity index (χ0n) is 8.75. The van der Waals surface area contributed by atoms with Crippen molar-refractivity contribution in [3.05, 3.63) is 41.9 Å². The quantitative estimate of drug-likeness (QED) is 0.686. The highest BCUT2D eigenvalue weighted by atomic mass is 35.6. The maximum atomic E-state index is 12.8. The Hall–Kier alpha value is -1.28. The molecule has 0 aliphatic carbocycles. The van der Waals surface area contributed by atoms with E-state index in [1.807, 2.05) is 0 Å². The first-order valence-electron chi connectivity index (χ1n) is 4.58. The Labute approximate surface area is 118 Å². The van der Waals surface area contributed by atoms with Gasteiger partial charge in [0, 0.05) is 12.3 Å². The lowest BCUT2D eigenvalue weighted by molar-refractivity contribution is -0.113. The van der Waals surface area contributed by atoms with E-state index < -0.39 is 15.4 Å². The molecule has 0 aliphatic rings. The third-order valence-electron chi connectivity index (χ3n) is 1.86. The van der Waals surface area contributed by atoms with E-state index in [4.69, 9.17) is 40.1 Å². The first-order valence-corrected chi connectivity index (χ1v) is 5.72. The van der Waals surface area contributed by atoms with E-state index >= 15 is 0 Å². The molecule has 7 heteroatoms. The van der Waals surface area contributed by atoms with Crippen molar-refractivity contribution in [1.82, 2.24) is 0 Å². The Bertz CT molecular complexity index is 532. The average Bonchev–Trinajstić information content (AvgIpc) is 2.29. The topological polar surface area (TPSA) is 52.9 Å². The number of alkyl halides is 3. The molecular weight excluding hydrogens is 301 g/mol. The van der Waals surface area contributed by atoms with Crippen molar-refractivity contribution in [3.8, 4) is 6.07 Å². The minimum atomic E-state index is -2.03. The monoisotopic (exact) mass is 306 g/mol. The summed E-state index contributed by atoms with van der Waals surface area (Å²) in [5.41, 5.74) is 0.438. The fraction of sp³-hybridized carbons (Fsp3) is 0.0909. The van der Waals surface area contributed by atoms with E-state index in [0.717, 1.165) is 12.1 Å². The number of nitrogens with zero attached hydrogens (tertiary/aromatic N) is 1. The number of benzene rings is 1. The lowest BCUT2D eigenvalue weighted by Crippen LogP contribution is -2.15. The lowest BCUT2D eigenvalue weighted by Gasteiger charge is -2.06. The zero-order chi connectivity index (χ0) is 13.8. The summed E-state index contributed by atoms with van der Waals surface area (Å²) in [5.74, 6) is -1.26. The van der Waals surface area contributed by atoms with Crippen LogP contribution in [0.1, 0.15) is 5.56 Å². The first-order chi connectivity index (χ1) is 8.34. The highest BCUT2D eigenvalue weighted by Gasteiger charge is 2.27. The smallest absolute Gasteiger partial charge is 0.252 e. The molecule has 0 heterocycles. The van der Waals surface area contributed by atoms with Crippen molar-refractivity contribution in [1.29, 1.82) is 5.26 Å². The fourth-order valence-electron chi connectivity index (χ4n) is 1.04. The van der Waals surface area contributed by atoms with Crippen LogP contribution >= 0.6 is 34.8 Å². The summed E-state index contributed by atoms with van der Waals surface area (Å²) < 4.78 is 10.8. The van der Waals surface area contributed by atoms with Gasteiger partial charge in [-0.2, -0.15) is 5.26 Å². The Morgan fingerprint density at radius 1 is 1.44 bits per heavy atom. The standard InChI is InChI=1S/C11H6Cl3FN2O/c12-11(13,14)10(18)3-4-17-9-2-1-8(15)5-7(9)6-16/h1-5,17H/b4-3-. The van der Waals surface area contributed by atoms with Crippen LogP contribution in [0, 0.1) is 17.1 Å². The summed E-state index contributed by atoms with van der Waals surface area (Å²) >= 11 is 16.0. The maximum Gasteiger partial charge on any atom is 0.252 e. The number of rotatable bonds is 3. The second kappa shape index (κ2) is 6.05. The normalized spacial score (nSPS) is 11.3. The molecular formula is C11H6Cl3FN2O. The number of carbonyl (C=O) groups is 1. The van der Waals surface area contributed by atoms with Gasteiger partial charge in [-0.05, 0) is 18.2 Å². The van der Waals surface area contributed by atoms with Crippen LogP contribution in [-0.2, 0) is 4.79 Å². The summed E-state index contributed by atoms with van der Waals surface area (Å²) in [4.78, 5) is 11.2. The second-order valence-electron chi connectivity index (χ2n) is 3.14. The Kier molecular flexibility index (Phi) is 4.97. The zero-order valence-corrected chi connectivity index (χ0v) is 11.0. The highest BCUT2D eigenvalue weighted by molar-refractivity contribution is 6.77. The molecule has 0 bridgehead atoms. The molecule has 1 N–H and O–H groups in total. The summed E-state index contributed by atoms with van der Waals surface area (Å²) in [6, 6.07) is 5.40. The largest absolute Gasteiger partial charge is 0.360 e. The van der Waals surface area contributed by atoms with E-state index in [1.54, 1.807) is 6.07 Å². The molecule has 18 heavy (non-hydrogen) atoms. The van der Waals surface area contributed by atoms with Crippen molar-refractivity contribution < 1.29 is 9.18 Å². The number of nitriles is 1. The van der Waals surface area contributed by atoms with Gasteiger partial charge in [0.05, 0.1) is 11.3 Å². The predicted molar refractivity (Wildman–Crippen MR) is 69.2 cm³/mol. The van der Waals surface area contributed by atoms with Crippen LogP contribution in [0.2, 0.25) is 0 Å². The molecule has 0 amide bonds. The molecule has 0 radical (unpaired) electrons. The van der Waals surface area contributed by atoms with Gasteiger partial charge >= 0.3 is 0 Å². The lowest BCUT2D eigenvalue weighted by atomic mass is 10.2. The van der Waals surface area contributed by atoms with Gasteiger partial charge in [-0.25, -0.2) is 4.39 Å². The van der Waals surface area contributed by atoms with E-state index in [0.29, 0.717) is 5.69 Å². The van der Waals surface area contributed by atoms with Crippen molar-refractivity contribution in [2.75, 3.05) is 5.32 Å². The summed E-state index contributed by atoms with van der Waals surface area (Å²) in [5, 5.41) is 11.4. The minimum absolute atomic E-state index is 0.0981. The fourth-order valence-corrected chi connectivity index (χ4v) is 1.23. The molecule has 0 aromatic heterocycles. The van der Waals surface area contributed by atoms with Gasteiger partial charge in [-0.3, -0.25) is 4.79 Å². The summed E-state index contributed by atoms with van der Waals surface area (Å²) in [6.45, 7) is 0. The molecule has 0 saturated carbocycles.